The first-order valence-electron chi connectivity index (χ1n) is 9.42. The summed E-state index contributed by atoms with van der Waals surface area (Å²) in [4.78, 5) is 15.8. The van der Waals surface area contributed by atoms with Gasteiger partial charge in [-0.3, -0.25) is 10.1 Å². The van der Waals surface area contributed by atoms with E-state index in [0.29, 0.717) is 29.4 Å². The summed E-state index contributed by atoms with van der Waals surface area (Å²) in [7, 11) is 0. The lowest BCUT2D eigenvalue weighted by atomic mass is 9.98. The van der Waals surface area contributed by atoms with Gasteiger partial charge in [0.25, 0.3) is 5.89 Å². The number of hydrogen-bond donors (Lipinski definition) is 1. The summed E-state index contributed by atoms with van der Waals surface area (Å²) < 4.78 is 46.6. The molecule has 1 N–H and O–H groups in total. The third kappa shape index (κ3) is 3.94. The Labute approximate surface area is 164 Å². The fraction of sp³-hybridized carbons (Fsp3) is 0.400. The summed E-state index contributed by atoms with van der Waals surface area (Å²) in [5.41, 5.74) is 0.543. The first-order valence-corrected chi connectivity index (χ1v) is 9.42. The lowest BCUT2D eigenvalue weighted by Gasteiger charge is -2.14. The molecule has 0 radical (unpaired) electrons. The molecule has 2 aromatic heterocycles. The molecule has 3 aromatic rings. The Bertz CT molecular complexity index is 1090. The Hall–Kier alpha value is -2.97. The number of amides is 1. The standard InChI is InChI=1S/C20H19F3N4O2/c1-3-4-16(28)25-19-27-26-18(29-19)15-7-10(2)13-8-12(11-5-6-11)9-14(17(13)24-15)20(21,22)23/h7-9,11H,3-6H2,1-2H3,(H,25,27,28). The lowest BCUT2D eigenvalue weighted by molar-refractivity contribution is -0.136. The number of alkyl halides is 3. The quantitative estimate of drug-likeness (QED) is 0.630. The number of rotatable bonds is 5. The molecule has 6 nitrogen and oxygen atoms in total. The number of carbonyl (C=O) groups is 1. The Morgan fingerprint density at radius 3 is 2.66 bits per heavy atom. The van der Waals surface area contributed by atoms with Gasteiger partial charge >= 0.3 is 12.2 Å². The zero-order chi connectivity index (χ0) is 20.8. The van der Waals surface area contributed by atoms with Crippen molar-refractivity contribution in [2.24, 2.45) is 0 Å². The molecule has 29 heavy (non-hydrogen) atoms. The van der Waals surface area contributed by atoms with Gasteiger partial charge in [0.1, 0.15) is 5.69 Å². The number of nitrogens with zero attached hydrogens (tertiary/aromatic N) is 3. The van der Waals surface area contributed by atoms with Crippen molar-refractivity contribution >= 4 is 22.8 Å². The maximum Gasteiger partial charge on any atom is 0.418 e. The smallest absolute Gasteiger partial charge is 0.401 e. The van der Waals surface area contributed by atoms with Gasteiger partial charge in [0.05, 0.1) is 11.1 Å². The molecule has 1 aliphatic rings. The number of aromatic nitrogens is 3. The van der Waals surface area contributed by atoms with Crippen LogP contribution in [-0.2, 0) is 11.0 Å². The van der Waals surface area contributed by atoms with E-state index in [-0.39, 0.29) is 34.9 Å². The van der Waals surface area contributed by atoms with Gasteiger partial charge in [-0.15, -0.1) is 5.10 Å². The summed E-state index contributed by atoms with van der Waals surface area (Å²) >= 11 is 0. The summed E-state index contributed by atoms with van der Waals surface area (Å²) in [6, 6.07) is 4.49. The second kappa shape index (κ2) is 7.13. The Kier molecular flexibility index (Phi) is 4.76. The van der Waals surface area contributed by atoms with Gasteiger partial charge < -0.3 is 4.42 Å². The van der Waals surface area contributed by atoms with Crippen molar-refractivity contribution in [3.63, 3.8) is 0 Å². The molecule has 152 valence electrons. The van der Waals surface area contributed by atoms with E-state index >= 15 is 0 Å². The van der Waals surface area contributed by atoms with Crippen LogP contribution in [0.25, 0.3) is 22.5 Å². The molecule has 9 heteroatoms. The fourth-order valence-electron chi connectivity index (χ4n) is 3.28. The SMILES string of the molecule is CCCC(=O)Nc1nnc(-c2cc(C)c3cc(C4CC4)cc(C(F)(F)F)c3n2)o1. The molecule has 4 rings (SSSR count). The molecule has 2 heterocycles. The van der Waals surface area contributed by atoms with Crippen molar-refractivity contribution in [1.82, 2.24) is 15.2 Å². The number of anilines is 1. The second-order valence-electron chi connectivity index (χ2n) is 7.27. The van der Waals surface area contributed by atoms with Gasteiger partial charge in [-0.05, 0) is 61.4 Å². The molecule has 0 unspecified atom stereocenters. The number of carbonyl (C=O) groups excluding carboxylic acids is 1. The summed E-state index contributed by atoms with van der Waals surface area (Å²) in [6.07, 6.45) is -1.77. The molecule has 0 saturated heterocycles. The van der Waals surface area contributed by atoms with Crippen molar-refractivity contribution in [2.75, 3.05) is 5.32 Å². The van der Waals surface area contributed by atoms with Crippen LogP contribution in [0.5, 0.6) is 0 Å². The molecule has 0 bridgehead atoms. The van der Waals surface area contributed by atoms with Crippen LogP contribution in [0.2, 0.25) is 0 Å². The van der Waals surface area contributed by atoms with Crippen molar-refractivity contribution in [1.29, 1.82) is 0 Å². The maximum absolute atomic E-state index is 13.7. The van der Waals surface area contributed by atoms with Crippen molar-refractivity contribution < 1.29 is 22.4 Å². The van der Waals surface area contributed by atoms with E-state index in [2.05, 4.69) is 20.5 Å². The third-order valence-electron chi connectivity index (χ3n) is 4.86. The number of aryl methyl sites for hydroxylation is 1. The van der Waals surface area contributed by atoms with Crippen LogP contribution in [0, 0.1) is 6.92 Å². The van der Waals surface area contributed by atoms with Crippen LogP contribution in [0.15, 0.2) is 22.6 Å². The average molecular weight is 404 g/mol. The minimum atomic E-state index is -4.53. The summed E-state index contributed by atoms with van der Waals surface area (Å²) in [6.45, 7) is 3.58. The zero-order valence-corrected chi connectivity index (χ0v) is 15.9. The first-order chi connectivity index (χ1) is 13.8. The highest BCUT2D eigenvalue weighted by Gasteiger charge is 2.36. The van der Waals surface area contributed by atoms with Crippen molar-refractivity contribution in [3.05, 3.63) is 34.9 Å². The molecule has 0 spiro atoms. The van der Waals surface area contributed by atoms with Gasteiger partial charge in [0.2, 0.25) is 5.91 Å². The molecular formula is C20H19F3N4O2. The molecule has 1 aliphatic carbocycles. The predicted molar refractivity (Wildman–Crippen MR) is 100 cm³/mol. The van der Waals surface area contributed by atoms with Crippen LogP contribution in [0.4, 0.5) is 19.2 Å². The number of nitrogens with one attached hydrogen (secondary N) is 1. The zero-order valence-electron chi connectivity index (χ0n) is 15.9. The normalized spacial score (nSPS) is 14.4. The second-order valence-corrected chi connectivity index (χ2v) is 7.27. The van der Waals surface area contributed by atoms with E-state index in [1.165, 1.54) is 6.07 Å². The van der Waals surface area contributed by atoms with Crippen molar-refractivity contribution in [3.8, 4) is 11.6 Å². The Morgan fingerprint density at radius 2 is 2.00 bits per heavy atom. The Morgan fingerprint density at radius 1 is 1.24 bits per heavy atom. The largest absolute Gasteiger partial charge is 0.418 e. The van der Waals surface area contributed by atoms with Crippen LogP contribution in [0.3, 0.4) is 0 Å². The number of halogens is 3. The molecular weight excluding hydrogens is 385 g/mol. The number of pyridine rings is 1. The van der Waals surface area contributed by atoms with E-state index in [1.807, 2.05) is 6.92 Å². The molecule has 1 fully saturated rings. The van der Waals surface area contributed by atoms with Crippen LogP contribution in [-0.4, -0.2) is 21.1 Å². The van der Waals surface area contributed by atoms with Gasteiger partial charge in [-0.1, -0.05) is 12.0 Å². The molecule has 1 saturated carbocycles. The lowest BCUT2D eigenvalue weighted by Crippen LogP contribution is -2.10. The highest BCUT2D eigenvalue weighted by Crippen LogP contribution is 2.45. The minimum Gasteiger partial charge on any atom is -0.401 e. The van der Waals surface area contributed by atoms with Gasteiger partial charge in [0.15, 0.2) is 0 Å². The topological polar surface area (TPSA) is 80.9 Å². The monoisotopic (exact) mass is 404 g/mol. The van der Waals surface area contributed by atoms with Crippen molar-refractivity contribution in [2.45, 2.75) is 51.6 Å². The molecule has 1 amide bonds. The minimum absolute atomic E-state index is 0.0545. The summed E-state index contributed by atoms with van der Waals surface area (Å²) in [5, 5.41) is 10.5. The van der Waals surface area contributed by atoms with E-state index in [1.54, 1.807) is 19.1 Å². The molecule has 0 aliphatic heterocycles. The fourth-order valence-corrected chi connectivity index (χ4v) is 3.28. The number of benzene rings is 1. The molecule has 0 atom stereocenters. The van der Waals surface area contributed by atoms with Crippen LogP contribution < -0.4 is 5.32 Å². The number of fused-ring (bicyclic) bond motifs is 1. The highest BCUT2D eigenvalue weighted by atomic mass is 19.4. The van der Waals surface area contributed by atoms with Gasteiger partial charge in [-0.25, -0.2) is 4.98 Å². The van der Waals surface area contributed by atoms with Crippen LogP contribution in [0.1, 0.15) is 55.2 Å². The third-order valence-corrected chi connectivity index (χ3v) is 4.86. The predicted octanol–water partition coefficient (Wildman–Crippen LogP) is 5.23. The van der Waals surface area contributed by atoms with E-state index < -0.39 is 11.7 Å². The Balaban J connectivity index is 1.78. The average Bonchev–Trinajstić information content (AvgIpc) is 3.40. The van der Waals surface area contributed by atoms with Crippen LogP contribution >= 0.6 is 0 Å². The van der Waals surface area contributed by atoms with Gasteiger partial charge in [-0.2, -0.15) is 13.2 Å². The maximum atomic E-state index is 13.7. The summed E-state index contributed by atoms with van der Waals surface area (Å²) in [5.74, 6) is -0.150. The van der Waals surface area contributed by atoms with E-state index in [4.69, 9.17) is 4.42 Å². The van der Waals surface area contributed by atoms with E-state index in [9.17, 15) is 18.0 Å². The van der Waals surface area contributed by atoms with Gasteiger partial charge in [0, 0.05) is 11.8 Å². The first kappa shape index (κ1) is 19.4. The number of hydrogen-bond acceptors (Lipinski definition) is 5. The highest BCUT2D eigenvalue weighted by molar-refractivity contribution is 5.89. The molecule has 1 aromatic carbocycles. The van der Waals surface area contributed by atoms with E-state index in [0.717, 1.165) is 12.8 Å².